The van der Waals surface area contributed by atoms with Crippen LogP contribution in [0.3, 0.4) is 0 Å². The van der Waals surface area contributed by atoms with Gasteiger partial charge in [-0.25, -0.2) is 4.98 Å². The van der Waals surface area contributed by atoms with E-state index in [0.29, 0.717) is 6.04 Å². The van der Waals surface area contributed by atoms with E-state index in [-0.39, 0.29) is 0 Å². The minimum atomic E-state index is 0.438. The van der Waals surface area contributed by atoms with Gasteiger partial charge in [-0.2, -0.15) is 5.10 Å². The van der Waals surface area contributed by atoms with Crippen LogP contribution in [0.5, 0.6) is 0 Å². The van der Waals surface area contributed by atoms with E-state index < -0.39 is 0 Å². The highest BCUT2D eigenvalue weighted by Crippen LogP contribution is 2.20. The molecule has 0 atom stereocenters. The molecule has 6 nitrogen and oxygen atoms in total. The molecule has 1 fully saturated rings. The molecule has 1 aromatic carbocycles. The number of nitrogens with zero attached hydrogens (tertiary/aromatic N) is 4. The van der Waals surface area contributed by atoms with E-state index in [1.165, 1.54) is 0 Å². The number of nitrogens with one attached hydrogen (secondary N) is 2. The summed E-state index contributed by atoms with van der Waals surface area (Å²) < 4.78 is 0. The van der Waals surface area contributed by atoms with Crippen LogP contribution < -0.4 is 10.2 Å². The van der Waals surface area contributed by atoms with Crippen molar-refractivity contribution in [2.24, 2.45) is 0 Å². The highest BCUT2D eigenvalue weighted by molar-refractivity contribution is 5.77. The van der Waals surface area contributed by atoms with Crippen LogP contribution >= 0.6 is 0 Å². The fourth-order valence-corrected chi connectivity index (χ4v) is 2.93. The minimum absolute atomic E-state index is 0.438. The van der Waals surface area contributed by atoms with Gasteiger partial charge in [-0.15, -0.1) is 5.10 Å². The summed E-state index contributed by atoms with van der Waals surface area (Å²) in [6.45, 7) is 1.97. The largest absolute Gasteiger partial charge is 0.355 e. The monoisotopic (exact) mass is 294 g/mol. The van der Waals surface area contributed by atoms with Crippen LogP contribution in [0.2, 0.25) is 0 Å². The van der Waals surface area contributed by atoms with Gasteiger partial charge in [0.1, 0.15) is 0 Å². The van der Waals surface area contributed by atoms with E-state index in [4.69, 9.17) is 0 Å². The number of piperidine rings is 1. The number of anilines is 2. The first-order valence-corrected chi connectivity index (χ1v) is 7.62. The molecule has 0 radical (unpaired) electrons. The van der Waals surface area contributed by atoms with Crippen molar-refractivity contribution in [2.45, 2.75) is 18.9 Å². The molecule has 1 aliphatic rings. The summed E-state index contributed by atoms with van der Waals surface area (Å²) in [5.41, 5.74) is 2.07. The maximum atomic E-state index is 4.58. The Morgan fingerprint density at radius 3 is 2.73 bits per heavy atom. The predicted octanol–water partition coefficient (Wildman–Crippen LogP) is 2.43. The normalized spacial score (nSPS) is 16.1. The topological polar surface area (TPSA) is 69.7 Å². The fraction of sp³-hybridized carbons (Fsp3) is 0.312. The number of imidazole rings is 1. The second kappa shape index (κ2) is 5.63. The molecule has 4 rings (SSSR count). The molecule has 0 spiro atoms. The van der Waals surface area contributed by atoms with E-state index in [1.807, 2.05) is 36.4 Å². The Hall–Kier alpha value is -2.63. The molecule has 2 N–H and O–H groups in total. The molecule has 6 heteroatoms. The number of para-hydroxylation sites is 2. The number of fused-ring (bicyclic) bond motifs is 1. The average molecular weight is 294 g/mol. The number of hydrogen-bond donors (Lipinski definition) is 2. The number of hydrogen-bond acceptors (Lipinski definition) is 5. The molecule has 0 unspecified atom stereocenters. The Morgan fingerprint density at radius 1 is 1.09 bits per heavy atom. The van der Waals surface area contributed by atoms with Crippen molar-refractivity contribution in [3.8, 4) is 0 Å². The van der Waals surface area contributed by atoms with Gasteiger partial charge in [-0.1, -0.05) is 12.1 Å². The van der Waals surface area contributed by atoms with E-state index in [0.717, 1.165) is 48.7 Å². The van der Waals surface area contributed by atoms with Crippen LogP contribution in [0.15, 0.2) is 42.6 Å². The molecule has 0 saturated carbocycles. The first-order valence-electron chi connectivity index (χ1n) is 7.62. The van der Waals surface area contributed by atoms with Crippen molar-refractivity contribution < 1.29 is 0 Å². The van der Waals surface area contributed by atoms with Crippen LogP contribution in [-0.4, -0.2) is 39.3 Å². The maximum Gasteiger partial charge on any atom is 0.201 e. The Balaban J connectivity index is 1.39. The van der Waals surface area contributed by atoms with Crippen molar-refractivity contribution in [3.05, 3.63) is 42.6 Å². The van der Waals surface area contributed by atoms with Crippen molar-refractivity contribution in [2.75, 3.05) is 23.3 Å². The third-order valence-electron chi connectivity index (χ3n) is 4.11. The van der Waals surface area contributed by atoms with Gasteiger partial charge in [0, 0.05) is 25.3 Å². The molecular weight excluding hydrogens is 276 g/mol. The van der Waals surface area contributed by atoms with Crippen molar-refractivity contribution in [1.29, 1.82) is 0 Å². The summed E-state index contributed by atoms with van der Waals surface area (Å²) >= 11 is 0. The third kappa shape index (κ3) is 2.59. The second-order valence-corrected chi connectivity index (χ2v) is 5.59. The highest BCUT2D eigenvalue weighted by Gasteiger charge is 2.20. The lowest BCUT2D eigenvalue weighted by Crippen LogP contribution is -2.39. The summed E-state index contributed by atoms with van der Waals surface area (Å²) in [4.78, 5) is 10.2. The number of H-pyrrole nitrogens is 1. The van der Waals surface area contributed by atoms with Crippen LogP contribution in [0.1, 0.15) is 12.8 Å². The molecule has 2 aromatic heterocycles. The third-order valence-corrected chi connectivity index (χ3v) is 4.11. The molecule has 0 amide bonds. The number of aromatic amines is 1. The minimum Gasteiger partial charge on any atom is -0.355 e. The van der Waals surface area contributed by atoms with E-state index in [1.54, 1.807) is 6.20 Å². The first kappa shape index (κ1) is 13.1. The van der Waals surface area contributed by atoms with E-state index in [2.05, 4.69) is 30.4 Å². The van der Waals surface area contributed by atoms with Gasteiger partial charge < -0.3 is 15.2 Å². The zero-order valence-corrected chi connectivity index (χ0v) is 12.2. The lowest BCUT2D eigenvalue weighted by molar-refractivity contribution is 0.520. The molecule has 22 heavy (non-hydrogen) atoms. The van der Waals surface area contributed by atoms with Crippen molar-refractivity contribution in [3.63, 3.8) is 0 Å². The fourth-order valence-electron chi connectivity index (χ4n) is 2.93. The smallest absolute Gasteiger partial charge is 0.201 e. The van der Waals surface area contributed by atoms with Crippen molar-refractivity contribution >= 4 is 22.8 Å². The molecule has 3 aromatic rings. The Morgan fingerprint density at radius 2 is 1.95 bits per heavy atom. The number of benzene rings is 1. The summed E-state index contributed by atoms with van der Waals surface area (Å²) in [6, 6.07) is 12.5. The van der Waals surface area contributed by atoms with Gasteiger partial charge in [-0.3, -0.25) is 0 Å². The van der Waals surface area contributed by atoms with Gasteiger partial charge in [0.05, 0.1) is 11.0 Å². The van der Waals surface area contributed by atoms with Gasteiger partial charge in [0.2, 0.25) is 5.95 Å². The zero-order chi connectivity index (χ0) is 14.8. The Kier molecular flexibility index (Phi) is 3.34. The summed E-state index contributed by atoms with van der Waals surface area (Å²) in [6.07, 6.45) is 3.83. The first-order chi connectivity index (χ1) is 10.9. The molecule has 0 aliphatic carbocycles. The molecule has 3 heterocycles. The number of rotatable bonds is 3. The van der Waals surface area contributed by atoms with Gasteiger partial charge in [0.15, 0.2) is 5.82 Å². The molecule has 0 bridgehead atoms. The lowest BCUT2D eigenvalue weighted by atomic mass is 10.1. The Labute approximate surface area is 128 Å². The lowest BCUT2D eigenvalue weighted by Gasteiger charge is -2.32. The molecular formula is C16H18N6. The average Bonchev–Trinajstić information content (AvgIpc) is 2.98. The van der Waals surface area contributed by atoms with E-state index in [9.17, 15) is 0 Å². The molecule has 1 aliphatic heterocycles. The number of aromatic nitrogens is 4. The SMILES string of the molecule is c1cnnc(N2CCC(Nc3nc4ccccc4[nH]3)CC2)c1. The van der Waals surface area contributed by atoms with Crippen LogP contribution in [0, 0.1) is 0 Å². The zero-order valence-electron chi connectivity index (χ0n) is 12.2. The van der Waals surface area contributed by atoms with Gasteiger partial charge >= 0.3 is 0 Å². The van der Waals surface area contributed by atoms with Gasteiger partial charge in [0.25, 0.3) is 0 Å². The maximum absolute atomic E-state index is 4.58. The van der Waals surface area contributed by atoms with Gasteiger partial charge in [-0.05, 0) is 37.1 Å². The summed E-state index contributed by atoms with van der Waals surface area (Å²) in [5.74, 6) is 1.82. The van der Waals surface area contributed by atoms with Crippen LogP contribution in [0.4, 0.5) is 11.8 Å². The Bertz CT molecular complexity index is 712. The quantitative estimate of drug-likeness (QED) is 0.776. The van der Waals surface area contributed by atoms with E-state index >= 15 is 0 Å². The summed E-state index contributed by atoms with van der Waals surface area (Å²) in [5, 5.41) is 11.6. The molecule has 1 saturated heterocycles. The van der Waals surface area contributed by atoms with Crippen molar-refractivity contribution in [1.82, 2.24) is 20.2 Å². The molecule has 112 valence electrons. The van der Waals surface area contributed by atoms with Crippen LogP contribution in [-0.2, 0) is 0 Å². The summed E-state index contributed by atoms with van der Waals surface area (Å²) in [7, 11) is 0. The predicted molar refractivity (Wildman–Crippen MR) is 87.0 cm³/mol. The second-order valence-electron chi connectivity index (χ2n) is 5.59. The standard InChI is InChI=1S/C16H18N6/c1-2-5-14-13(4-1)19-16(20-14)18-12-7-10-22(11-8-12)15-6-3-9-17-21-15/h1-6,9,12H,7-8,10-11H2,(H2,18,19,20). The van der Waals surface area contributed by atoms with Crippen LogP contribution in [0.25, 0.3) is 11.0 Å². The highest BCUT2D eigenvalue weighted by atomic mass is 15.3.